The normalized spacial score (nSPS) is 12.4. The van der Waals surface area contributed by atoms with Crippen molar-refractivity contribution in [2.45, 2.75) is 6.04 Å². The van der Waals surface area contributed by atoms with Gasteiger partial charge in [-0.2, -0.15) is 0 Å². The van der Waals surface area contributed by atoms with Gasteiger partial charge in [0.25, 0.3) is 0 Å². The second-order valence-electron chi connectivity index (χ2n) is 3.59. The van der Waals surface area contributed by atoms with Crippen LogP contribution < -0.4 is 10.1 Å². The van der Waals surface area contributed by atoms with Gasteiger partial charge in [0.05, 0.1) is 13.2 Å². The third kappa shape index (κ3) is 2.29. The largest absolute Gasteiger partial charge is 0.494 e. The molecule has 2 rings (SSSR count). The summed E-state index contributed by atoms with van der Waals surface area (Å²) in [5, 5.41) is 3.08. The minimum atomic E-state index is -0.378. The predicted molar refractivity (Wildman–Crippen MR) is 62.4 cm³/mol. The topological polar surface area (TPSA) is 49.9 Å². The number of H-pyrrole nitrogens is 1. The number of hydrogen-bond donors (Lipinski definition) is 2. The second-order valence-corrected chi connectivity index (χ2v) is 3.59. The molecule has 0 aliphatic carbocycles. The van der Waals surface area contributed by atoms with Gasteiger partial charge >= 0.3 is 0 Å². The minimum Gasteiger partial charge on any atom is -0.494 e. The number of hydrogen-bond acceptors (Lipinski definition) is 3. The fraction of sp³-hybridized carbons (Fsp3) is 0.250. The van der Waals surface area contributed by atoms with Gasteiger partial charge in [-0.25, -0.2) is 9.37 Å². The molecule has 0 amide bonds. The van der Waals surface area contributed by atoms with Crippen molar-refractivity contribution in [2.24, 2.45) is 0 Å². The Morgan fingerprint density at radius 3 is 2.82 bits per heavy atom. The van der Waals surface area contributed by atoms with Gasteiger partial charge in [-0.1, -0.05) is 6.07 Å². The molecule has 0 aliphatic heterocycles. The second kappa shape index (κ2) is 4.97. The molecule has 17 heavy (non-hydrogen) atoms. The standard InChI is InChI=1S/C12H14FN3O/c1-14-11(12-15-5-6-16-12)8-3-4-10(17-2)9(13)7-8/h3-7,11,14H,1-2H3,(H,15,16). The lowest BCUT2D eigenvalue weighted by atomic mass is 10.1. The SMILES string of the molecule is CNC(c1ccc(OC)c(F)c1)c1ncc[nH]1. The van der Waals surface area contributed by atoms with E-state index in [0.717, 1.165) is 11.4 Å². The highest BCUT2D eigenvalue weighted by atomic mass is 19.1. The molecule has 1 aromatic carbocycles. The first-order chi connectivity index (χ1) is 8.26. The summed E-state index contributed by atoms with van der Waals surface area (Å²) in [5.41, 5.74) is 0.792. The summed E-state index contributed by atoms with van der Waals surface area (Å²) < 4.78 is 18.5. The summed E-state index contributed by atoms with van der Waals surface area (Å²) in [5.74, 6) is 0.608. The summed E-state index contributed by atoms with van der Waals surface area (Å²) in [4.78, 5) is 7.17. The van der Waals surface area contributed by atoms with Crippen LogP contribution in [0.25, 0.3) is 0 Å². The first kappa shape index (κ1) is 11.6. The monoisotopic (exact) mass is 235 g/mol. The zero-order valence-electron chi connectivity index (χ0n) is 9.70. The third-order valence-corrected chi connectivity index (χ3v) is 2.59. The van der Waals surface area contributed by atoms with Crippen LogP contribution in [0.4, 0.5) is 4.39 Å². The van der Waals surface area contributed by atoms with Gasteiger partial charge in [-0.15, -0.1) is 0 Å². The van der Waals surface area contributed by atoms with Gasteiger partial charge in [0.2, 0.25) is 0 Å². The molecule has 2 aromatic rings. The Morgan fingerprint density at radius 2 is 2.29 bits per heavy atom. The molecule has 0 fully saturated rings. The lowest BCUT2D eigenvalue weighted by Gasteiger charge is -2.15. The van der Waals surface area contributed by atoms with E-state index in [1.54, 1.807) is 25.5 Å². The maximum atomic E-state index is 13.6. The Bertz CT molecular complexity index is 485. The molecule has 0 aliphatic rings. The van der Waals surface area contributed by atoms with Crippen molar-refractivity contribution in [3.63, 3.8) is 0 Å². The summed E-state index contributed by atoms with van der Waals surface area (Å²) in [6, 6.07) is 4.71. The van der Waals surface area contributed by atoms with E-state index < -0.39 is 0 Å². The van der Waals surface area contributed by atoms with Crippen LogP contribution in [0.15, 0.2) is 30.6 Å². The van der Waals surface area contributed by atoms with Crippen LogP contribution >= 0.6 is 0 Å². The van der Waals surface area contributed by atoms with Crippen LogP contribution in [0.1, 0.15) is 17.4 Å². The van der Waals surface area contributed by atoms with Crippen molar-refractivity contribution < 1.29 is 9.13 Å². The molecule has 0 spiro atoms. The molecule has 0 radical (unpaired) electrons. The zero-order valence-corrected chi connectivity index (χ0v) is 9.70. The van der Waals surface area contributed by atoms with E-state index in [2.05, 4.69) is 15.3 Å². The van der Waals surface area contributed by atoms with E-state index in [4.69, 9.17) is 4.74 Å². The lowest BCUT2D eigenvalue weighted by Crippen LogP contribution is -2.19. The number of aromatic nitrogens is 2. The molecule has 1 atom stereocenters. The van der Waals surface area contributed by atoms with Gasteiger partial charge < -0.3 is 15.0 Å². The van der Waals surface area contributed by atoms with E-state index in [1.807, 2.05) is 6.07 Å². The van der Waals surface area contributed by atoms with Crippen molar-refractivity contribution in [2.75, 3.05) is 14.2 Å². The molecule has 0 saturated carbocycles. The molecule has 2 N–H and O–H groups in total. The molecular weight excluding hydrogens is 221 g/mol. The zero-order chi connectivity index (χ0) is 12.3. The first-order valence-corrected chi connectivity index (χ1v) is 5.26. The summed E-state index contributed by atoms with van der Waals surface area (Å²) in [6.07, 6.45) is 3.40. The number of aromatic amines is 1. The first-order valence-electron chi connectivity index (χ1n) is 5.26. The quantitative estimate of drug-likeness (QED) is 0.850. The summed E-state index contributed by atoms with van der Waals surface area (Å²) in [7, 11) is 3.25. The number of imidazole rings is 1. The summed E-state index contributed by atoms with van der Waals surface area (Å²) in [6.45, 7) is 0. The molecule has 4 nitrogen and oxygen atoms in total. The number of nitrogens with zero attached hydrogens (tertiary/aromatic N) is 1. The van der Waals surface area contributed by atoms with Gasteiger partial charge in [0.15, 0.2) is 11.6 Å². The maximum Gasteiger partial charge on any atom is 0.165 e. The van der Waals surface area contributed by atoms with Crippen molar-refractivity contribution in [3.8, 4) is 5.75 Å². The van der Waals surface area contributed by atoms with Crippen molar-refractivity contribution >= 4 is 0 Å². The Morgan fingerprint density at radius 1 is 1.47 bits per heavy atom. The van der Waals surface area contributed by atoms with Gasteiger partial charge in [-0.05, 0) is 24.7 Å². The molecule has 5 heteroatoms. The highest BCUT2D eigenvalue weighted by Crippen LogP contribution is 2.24. The number of halogens is 1. The molecular formula is C12H14FN3O. The molecule has 90 valence electrons. The highest BCUT2D eigenvalue weighted by Gasteiger charge is 2.16. The van der Waals surface area contributed by atoms with Crippen LogP contribution in [-0.2, 0) is 0 Å². The Hall–Kier alpha value is -1.88. The fourth-order valence-corrected chi connectivity index (χ4v) is 1.76. The number of ether oxygens (including phenoxy) is 1. The van der Waals surface area contributed by atoms with Crippen molar-refractivity contribution in [1.82, 2.24) is 15.3 Å². The molecule has 0 bridgehead atoms. The fourth-order valence-electron chi connectivity index (χ4n) is 1.76. The number of rotatable bonds is 4. The van der Waals surface area contributed by atoms with Gasteiger partial charge in [-0.3, -0.25) is 0 Å². The van der Waals surface area contributed by atoms with E-state index in [-0.39, 0.29) is 17.6 Å². The minimum absolute atomic E-state index is 0.162. The van der Waals surface area contributed by atoms with E-state index >= 15 is 0 Å². The van der Waals surface area contributed by atoms with Crippen LogP contribution in [-0.4, -0.2) is 24.1 Å². The molecule has 0 saturated heterocycles. The highest BCUT2D eigenvalue weighted by molar-refractivity contribution is 5.33. The van der Waals surface area contributed by atoms with Gasteiger partial charge in [0.1, 0.15) is 5.82 Å². The van der Waals surface area contributed by atoms with Crippen LogP contribution in [0, 0.1) is 5.82 Å². The van der Waals surface area contributed by atoms with Crippen molar-refractivity contribution in [3.05, 3.63) is 47.8 Å². The number of nitrogens with one attached hydrogen (secondary N) is 2. The van der Waals surface area contributed by atoms with E-state index in [9.17, 15) is 4.39 Å². The summed E-state index contributed by atoms with van der Waals surface area (Å²) >= 11 is 0. The van der Waals surface area contributed by atoms with Crippen LogP contribution in [0.3, 0.4) is 0 Å². The molecule has 1 heterocycles. The van der Waals surface area contributed by atoms with E-state index in [0.29, 0.717) is 0 Å². The predicted octanol–water partition coefficient (Wildman–Crippen LogP) is 1.87. The van der Waals surface area contributed by atoms with Gasteiger partial charge in [0, 0.05) is 12.4 Å². The van der Waals surface area contributed by atoms with Crippen molar-refractivity contribution in [1.29, 1.82) is 0 Å². The Kier molecular flexibility index (Phi) is 3.39. The maximum absolute atomic E-state index is 13.6. The molecule has 1 unspecified atom stereocenters. The van der Waals surface area contributed by atoms with E-state index in [1.165, 1.54) is 13.2 Å². The Balaban J connectivity index is 2.35. The number of benzene rings is 1. The van der Waals surface area contributed by atoms with Crippen LogP contribution in [0.2, 0.25) is 0 Å². The third-order valence-electron chi connectivity index (χ3n) is 2.59. The smallest absolute Gasteiger partial charge is 0.165 e. The Labute approximate surface area is 98.8 Å². The average molecular weight is 235 g/mol. The average Bonchev–Trinajstić information content (AvgIpc) is 2.84. The lowest BCUT2D eigenvalue weighted by molar-refractivity contribution is 0.385. The van der Waals surface area contributed by atoms with Crippen LogP contribution in [0.5, 0.6) is 5.75 Å². The molecule has 1 aromatic heterocycles. The number of methoxy groups -OCH3 is 1.